The molecule has 1 aromatic carbocycles. The predicted octanol–water partition coefficient (Wildman–Crippen LogP) is 5.03. The fourth-order valence-electron chi connectivity index (χ4n) is 1.82. The van der Waals surface area contributed by atoms with Gasteiger partial charge in [-0.05, 0) is 23.0 Å². The molecular formula is C16H25BrO. The van der Waals surface area contributed by atoms with Crippen molar-refractivity contribution >= 4 is 15.9 Å². The molecule has 0 aliphatic carbocycles. The fraction of sp³-hybridized carbons (Fsp3) is 0.625. The van der Waals surface area contributed by atoms with Gasteiger partial charge in [0.05, 0.1) is 6.61 Å². The SMILES string of the molecule is CC(C)C(CBr)COc1ccccc1C(C)(C)C. The van der Waals surface area contributed by atoms with Crippen LogP contribution in [0, 0.1) is 11.8 Å². The van der Waals surface area contributed by atoms with Crippen molar-refractivity contribution in [1.29, 1.82) is 0 Å². The van der Waals surface area contributed by atoms with E-state index >= 15 is 0 Å². The number of benzene rings is 1. The van der Waals surface area contributed by atoms with Crippen molar-refractivity contribution in [2.75, 3.05) is 11.9 Å². The third-order valence-corrected chi connectivity index (χ3v) is 4.12. The summed E-state index contributed by atoms with van der Waals surface area (Å²) >= 11 is 3.57. The van der Waals surface area contributed by atoms with Crippen LogP contribution in [0.1, 0.15) is 40.2 Å². The minimum atomic E-state index is 0.123. The van der Waals surface area contributed by atoms with Crippen LogP contribution >= 0.6 is 15.9 Å². The van der Waals surface area contributed by atoms with Crippen molar-refractivity contribution in [2.45, 2.75) is 40.0 Å². The predicted molar refractivity (Wildman–Crippen MR) is 82.8 cm³/mol. The molecule has 0 heterocycles. The van der Waals surface area contributed by atoms with E-state index in [1.165, 1.54) is 5.56 Å². The van der Waals surface area contributed by atoms with E-state index in [0.717, 1.165) is 17.7 Å². The van der Waals surface area contributed by atoms with E-state index in [1.807, 2.05) is 6.07 Å². The molecule has 0 saturated carbocycles. The smallest absolute Gasteiger partial charge is 0.123 e. The Hall–Kier alpha value is -0.500. The van der Waals surface area contributed by atoms with E-state index in [9.17, 15) is 0 Å². The maximum Gasteiger partial charge on any atom is 0.123 e. The van der Waals surface area contributed by atoms with Crippen LogP contribution in [0.3, 0.4) is 0 Å². The lowest BCUT2D eigenvalue weighted by molar-refractivity contribution is 0.223. The highest BCUT2D eigenvalue weighted by molar-refractivity contribution is 9.09. The van der Waals surface area contributed by atoms with Crippen LogP contribution in [0.4, 0.5) is 0 Å². The average molecular weight is 313 g/mol. The standard InChI is InChI=1S/C16H25BrO/c1-12(2)13(10-17)11-18-15-9-7-6-8-14(15)16(3,4)5/h6-9,12-13H,10-11H2,1-5H3. The van der Waals surface area contributed by atoms with Crippen LogP contribution < -0.4 is 4.74 Å². The normalized spacial score (nSPS) is 13.7. The summed E-state index contributed by atoms with van der Waals surface area (Å²) in [6.07, 6.45) is 0. The highest BCUT2D eigenvalue weighted by atomic mass is 79.9. The van der Waals surface area contributed by atoms with Gasteiger partial charge in [0.1, 0.15) is 5.75 Å². The Kier molecular flexibility index (Phi) is 5.71. The molecule has 0 spiro atoms. The van der Waals surface area contributed by atoms with Gasteiger partial charge in [-0.25, -0.2) is 0 Å². The summed E-state index contributed by atoms with van der Waals surface area (Å²) < 4.78 is 6.05. The van der Waals surface area contributed by atoms with Gasteiger partial charge in [-0.2, -0.15) is 0 Å². The fourth-order valence-corrected chi connectivity index (χ4v) is 2.76. The molecular weight excluding hydrogens is 288 g/mol. The summed E-state index contributed by atoms with van der Waals surface area (Å²) in [6, 6.07) is 8.36. The molecule has 0 saturated heterocycles. The Morgan fingerprint density at radius 1 is 1.17 bits per heavy atom. The van der Waals surface area contributed by atoms with Crippen LogP contribution in [0.15, 0.2) is 24.3 Å². The van der Waals surface area contributed by atoms with Crippen LogP contribution in [0.5, 0.6) is 5.75 Å². The maximum absolute atomic E-state index is 6.05. The van der Waals surface area contributed by atoms with Crippen molar-refractivity contribution in [3.63, 3.8) is 0 Å². The number of hydrogen-bond acceptors (Lipinski definition) is 1. The number of para-hydroxylation sites is 1. The molecule has 18 heavy (non-hydrogen) atoms. The third kappa shape index (κ3) is 4.31. The zero-order chi connectivity index (χ0) is 13.8. The van der Waals surface area contributed by atoms with Gasteiger partial charge in [-0.15, -0.1) is 0 Å². The van der Waals surface area contributed by atoms with Crippen LogP contribution in [0.2, 0.25) is 0 Å². The van der Waals surface area contributed by atoms with Crippen molar-refractivity contribution in [3.8, 4) is 5.75 Å². The third-order valence-electron chi connectivity index (χ3n) is 3.29. The number of ether oxygens (including phenoxy) is 1. The summed E-state index contributed by atoms with van der Waals surface area (Å²) in [5.74, 6) is 2.21. The lowest BCUT2D eigenvalue weighted by atomic mass is 9.86. The molecule has 0 bridgehead atoms. The minimum absolute atomic E-state index is 0.123. The molecule has 1 rings (SSSR count). The van der Waals surface area contributed by atoms with E-state index in [2.05, 4.69) is 68.7 Å². The van der Waals surface area contributed by atoms with Crippen molar-refractivity contribution in [2.24, 2.45) is 11.8 Å². The molecule has 0 aliphatic rings. The van der Waals surface area contributed by atoms with Gasteiger partial charge in [0.25, 0.3) is 0 Å². The lowest BCUT2D eigenvalue weighted by Gasteiger charge is -2.25. The monoisotopic (exact) mass is 312 g/mol. The van der Waals surface area contributed by atoms with Crippen molar-refractivity contribution in [3.05, 3.63) is 29.8 Å². The van der Waals surface area contributed by atoms with Crippen molar-refractivity contribution in [1.82, 2.24) is 0 Å². The Morgan fingerprint density at radius 2 is 1.78 bits per heavy atom. The molecule has 0 fully saturated rings. The van der Waals surface area contributed by atoms with Crippen molar-refractivity contribution < 1.29 is 4.74 Å². The van der Waals surface area contributed by atoms with E-state index in [1.54, 1.807) is 0 Å². The number of hydrogen-bond donors (Lipinski definition) is 0. The first-order valence-electron chi connectivity index (χ1n) is 6.64. The molecule has 0 N–H and O–H groups in total. The second-order valence-corrected chi connectivity index (χ2v) is 6.86. The Bertz CT molecular complexity index is 366. The van der Waals surface area contributed by atoms with Crippen LogP contribution in [-0.4, -0.2) is 11.9 Å². The topological polar surface area (TPSA) is 9.23 Å². The Labute approximate surface area is 120 Å². The molecule has 0 amide bonds. The highest BCUT2D eigenvalue weighted by Gasteiger charge is 2.19. The average Bonchev–Trinajstić information content (AvgIpc) is 2.28. The zero-order valence-electron chi connectivity index (χ0n) is 12.2. The quantitative estimate of drug-likeness (QED) is 0.693. The summed E-state index contributed by atoms with van der Waals surface area (Å²) in [6.45, 7) is 11.9. The summed E-state index contributed by atoms with van der Waals surface area (Å²) in [4.78, 5) is 0. The number of halogens is 1. The van der Waals surface area contributed by atoms with Gasteiger partial charge in [-0.3, -0.25) is 0 Å². The molecule has 1 aromatic rings. The second-order valence-electron chi connectivity index (χ2n) is 6.22. The summed E-state index contributed by atoms with van der Waals surface area (Å²) in [5, 5.41) is 0.988. The zero-order valence-corrected chi connectivity index (χ0v) is 13.8. The molecule has 0 aliphatic heterocycles. The van der Waals surface area contributed by atoms with Gasteiger partial charge in [0, 0.05) is 11.2 Å². The maximum atomic E-state index is 6.05. The van der Waals surface area contributed by atoms with E-state index < -0.39 is 0 Å². The van der Waals surface area contributed by atoms with Gasteiger partial charge in [0.15, 0.2) is 0 Å². The van der Waals surface area contributed by atoms with Gasteiger partial charge in [-0.1, -0.05) is 68.7 Å². The largest absolute Gasteiger partial charge is 0.493 e. The number of rotatable bonds is 5. The van der Waals surface area contributed by atoms with Gasteiger partial charge >= 0.3 is 0 Å². The van der Waals surface area contributed by atoms with E-state index in [0.29, 0.717) is 11.8 Å². The van der Waals surface area contributed by atoms with E-state index in [-0.39, 0.29) is 5.41 Å². The first kappa shape index (κ1) is 15.6. The summed E-state index contributed by atoms with van der Waals surface area (Å²) in [5.41, 5.74) is 1.40. The van der Waals surface area contributed by atoms with Gasteiger partial charge < -0.3 is 4.74 Å². The first-order chi connectivity index (χ1) is 8.36. The molecule has 1 atom stereocenters. The highest BCUT2D eigenvalue weighted by Crippen LogP contribution is 2.31. The molecule has 102 valence electrons. The molecule has 0 aromatic heterocycles. The van der Waals surface area contributed by atoms with Crippen LogP contribution in [0.25, 0.3) is 0 Å². The second kappa shape index (κ2) is 6.60. The Balaban J connectivity index is 2.79. The first-order valence-corrected chi connectivity index (χ1v) is 7.76. The minimum Gasteiger partial charge on any atom is -0.493 e. The molecule has 1 unspecified atom stereocenters. The van der Waals surface area contributed by atoms with Gasteiger partial charge in [0.2, 0.25) is 0 Å². The Morgan fingerprint density at radius 3 is 2.28 bits per heavy atom. The molecule has 1 nitrogen and oxygen atoms in total. The molecule has 0 radical (unpaired) electrons. The van der Waals surface area contributed by atoms with Crippen LogP contribution in [-0.2, 0) is 5.41 Å². The molecule has 2 heteroatoms. The number of alkyl halides is 1. The lowest BCUT2D eigenvalue weighted by Crippen LogP contribution is -2.21. The summed E-state index contributed by atoms with van der Waals surface area (Å²) in [7, 11) is 0. The van der Waals surface area contributed by atoms with E-state index in [4.69, 9.17) is 4.74 Å².